The molecule has 10 heteroatoms. The van der Waals surface area contributed by atoms with E-state index in [1.165, 1.54) is 31.2 Å². The standard InChI is InChI=1S/C16H17F2N3O4S/c1-8-12(14(19-3)26-21-8)15(23)24-9(2)13(22)20-10-4-6-11(7-5-10)25-16(17)18/h4-7,9,16,19H,1-3H3,(H,20,22)/t9-/m0/s1. The van der Waals surface area contributed by atoms with Crippen molar-refractivity contribution in [2.24, 2.45) is 0 Å². The second kappa shape index (κ2) is 8.56. The molecule has 26 heavy (non-hydrogen) atoms. The fraction of sp³-hybridized carbons (Fsp3) is 0.312. The normalized spacial score (nSPS) is 11.8. The van der Waals surface area contributed by atoms with Crippen LogP contribution in [-0.2, 0) is 9.53 Å². The average molecular weight is 385 g/mol. The lowest BCUT2D eigenvalue weighted by Crippen LogP contribution is -2.30. The molecule has 0 unspecified atom stereocenters. The number of aromatic nitrogens is 1. The summed E-state index contributed by atoms with van der Waals surface area (Å²) in [5, 5.41) is 5.93. The van der Waals surface area contributed by atoms with Crippen LogP contribution in [0.2, 0.25) is 0 Å². The Labute approximate surface area is 152 Å². The van der Waals surface area contributed by atoms with E-state index in [-0.39, 0.29) is 11.3 Å². The molecule has 0 saturated carbocycles. The lowest BCUT2D eigenvalue weighted by atomic mass is 10.2. The van der Waals surface area contributed by atoms with Crippen LogP contribution >= 0.6 is 11.5 Å². The Morgan fingerprint density at radius 3 is 2.46 bits per heavy atom. The van der Waals surface area contributed by atoms with Crippen LogP contribution in [0, 0.1) is 6.92 Å². The van der Waals surface area contributed by atoms with E-state index >= 15 is 0 Å². The fourth-order valence-corrected chi connectivity index (χ4v) is 2.75. The zero-order chi connectivity index (χ0) is 19.3. The van der Waals surface area contributed by atoms with Gasteiger partial charge in [0.2, 0.25) is 0 Å². The van der Waals surface area contributed by atoms with Crippen molar-refractivity contribution >= 4 is 34.1 Å². The zero-order valence-corrected chi connectivity index (χ0v) is 15.0. The number of hydrogen-bond acceptors (Lipinski definition) is 7. The van der Waals surface area contributed by atoms with Crippen molar-refractivity contribution in [1.82, 2.24) is 4.37 Å². The highest BCUT2D eigenvalue weighted by Gasteiger charge is 2.24. The summed E-state index contributed by atoms with van der Waals surface area (Å²) in [7, 11) is 1.65. The number of anilines is 2. The number of rotatable bonds is 7. The SMILES string of the molecule is CNc1snc(C)c1C(=O)O[C@@H](C)C(=O)Nc1ccc(OC(F)F)cc1. The number of esters is 1. The molecule has 2 rings (SSSR count). The van der Waals surface area contributed by atoms with E-state index in [2.05, 4.69) is 19.7 Å². The molecule has 0 spiro atoms. The van der Waals surface area contributed by atoms with Gasteiger partial charge in [-0.3, -0.25) is 4.79 Å². The van der Waals surface area contributed by atoms with Crippen LogP contribution in [-0.4, -0.2) is 36.0 Å². The Kier molecular flexibility index (Phi) is 6.45. The van der Waals surface area contributed by atoms with Crippen LogP contribution in [0.3, 0.4) is 0 Å². The monoisotopic (exact) mass is 385 g/mol. The highest BCUT2D eigenvalue weighted by molar-refractivity contribution is 7.10. The van der Waals surface area contributed by atoms with Gasteiger partial charge >= 0.3 is 12.6 Å². The Hall–Kier alpha value is -2.75. The predicted molar refractivity (Wildman–Crippen MR) is 93.0 cm³/mol. The molecule has 0 aliphatic carbocycles. The van der Waals surface area contributed by atoms with Crippen LogP contribution in [0.4, 0.5) is 19.5 Å². The van der Waals surface area contributed by atoms with Gasteiger partial charge in [0.1, 0.15) is 16.3 Å². The van der Waals surface area contributed by atoms with Gasteiger partial charge in [-0.1, -0.05) is 0 Å². The first-order valence-electron chi connectivity index (χ1n) is 7.52. The molecule has 0 aliphatic rings. The first kappa shape index (κ1) is 19.6. The minimum absolute atomic E-state index is 0.0301. The van der Waals surface area contributed by atoms with Gasteiger partial charge in [-0.25, -0.2) is 4.79 Å². The van der Waals surface area contributed by atoms with Crippen LogP contribution in [0.5, 0.6) is 5.75 Å². The summed E-state index contributed by atoms with van der Waals surface area (Å²) in [5.41, 5.74) is 1.14. The van der Waals surface area contributed by atoms with E-state index in [1.54, 1.807) is 14.0 Å². The molecule has 140 valence electrons. The van der Waals surface area contributed by atoms with E-state index in [4.69, 9.17) is 4.74 Å². The Bertz CT molecular complexity index is 780. The highest BCUT2D eigenvalue weighted by Crippen LogP contribution is 2.25. The molecule has 2 aromatic rings. The third-order valence-electron chi connectivity index (χ3n) is 3.29. The van der Waals surface area contributed by atoms with E-state index in [0.29, 0.717) is 16.4 Å². The third kappa shape index (κ3) is 4.88. The second-order valence-electron chi connectivity index (χ2n) is 5.16. The lowest BCUT2D eigenvalue weighted by Gasteiger charge is -2.14. The topological polar surface area (TPSA) is 89.5 Å². The Morgan fingerprint density at radius 1 is 1.23 bits per heavy atom. The van der Waals surface area contributed by atoms with Crippen LogP contribution in [0.1, 0.15) is 23.0 Å². The first-order valence-corrected chi connectivity index (χ1v) is 8.30. The molecule has 0 aliphatic heterocycles. The van der Waals surface area contributed by atoms with Gasteiger partial charge in [0, 0.05) is 12.7 Å². The van der Waals surface area contributed by atoms with Gasteiger partial charge in [0.05, 0.1) is 5.69 Å². The third-order valence-corrected chi connectivity index (χ3v) is 4.25. The number of aryl methyl sites for hydroxylation is 1. The summed E-state index contributed by atoms with van der Waals surface area (Å²) in [4.78, 5) is 24.4. The maximum atomic E-state index is 12.3. The summed E-state index contributed by atoms with van der Waals surface area (Å²) in [6, 6.07) is 5.38. The molecular weight excluding hydrogens is 368 g/mol. The van der Waals surface area contributed by atoms with Crippen molar-refractivity contribution in [3.63, 3.8) is 0 Å². The number of benzene rings is 1. The van der Waals surface area contributed by atoms with Crippen LogP contribution in [0.25, 0.3) is 0 Å². The van der Waals surface area contributed by atoms with E-state index < -0.39 is 24.6 Å². The Balaban J connectivity index is 1.97. The molecule has 0 saturated heterocycles. The van der Waals surface area contributed by atoms with E-state index in [0.717, 1.165) is 11.5 Å². The number of hydrogen-bond donors (Lipinski definition) is 2. The minimum atomic E-state index is -2.92. The summed E-state index contributed by atoms with van der Waals surface area (Å²) < 4.78 is 37.7. The number of ether oxygens (including phenoxy) is 2. The number of nitrogens with zero attached hydrogens (tertiary/aromatic N) is 1. The number of alkyl halides is 2. The maximum absolute atomic E-state index is 12.3. The van der Waals surface area contributed by atoms with E-state index in [1.807, 2.05) is 0 Å². The number of halogens is 2. The number of amides is 1. The van der Waals surface area contributed by atoms with Crippen LogP contribution < -0.4 is 15.4 Å². The van der Waals surface area contributed by atoms with Crippen molar-refractivity contribution in [3.05, 3.63) is 35.5 Å². The van der Waals surface area contributed by atoms with Gasteiger partial charge in [-0.05, 0) is 49.6 Å². The van der Waals surface area contributed by atoms with Crippen molar-refractivity contribution < 1.29 is 27.8 Å². The smallest absolute Gasteiger partial charge is 0.387 e. The molecule has 1 amide bonds. The van der Waals surface area contributed by atoms with Gasteiger partial charge in [0.15, 0.2) is 6.10 Å². The fourth-order valence-electron chi connectivity index (χ4n) is 2.02. The van der Waals surface area contributed by atoms with Gasteiger partial charge < -0.3 is 20.1 Å². The zero-order valence-electron chi connectivity index (χ0n) is 14.2. The number of nitrogens with one attached hydrogen (secondary N) is 2. The molecular formula is C16H17F2N3O4S. The van der Waals surface area contributed by atoms with Crippen molar-refractivity contribution in [3.8, 4) is 5.75 Å². The second-order valence-corrected chi connectivity index (χ2v) is 5.94. The molecule has 0 bridgehead atoms. The molecule has 7 nitrogen and oxygen atoms in total. The minimum Gasteiger partial charge on any atom is -0.449 e. The number of carbonyl (C=O) groups is 2. The molecule has 1 heterocycles. The van der Waals surface area contributed by atoms with Crippen molar-refractivity contribution in [2.75, 3.05) is 17.7 Å². The van der Waals surface area contributed by atoms with Gasteiger partial charge in [0.25, 0.3) is 5.91 Å². The molecule has 2 N–H and O–H groups in total. The van der Waals surface area contributed by atoms with Gasteiger partial charge in [-0.15, -0.1) is 0 Å². The summed E-state index contributed by atoms with van der Waals surface area (Å²) >= 11 is 1.12. The summed E-state index contributed by atoms with van der Waals surface area (Å²) in [6.45, 7) is 0.171. The van der Waals surface area contributed by atoms with E-state index in [9.17, 15) is 18.4 Å². The quantitative estimate of drug-likeness (QED) is 0.711. The maximum Gasteiger partial charge on any atom is 0.387 e. The molecule has 0 fully saturated rings. The largest absolute Gasteiger partial charge is 0.449 e. The Morgan fingerprint density at radius 2 is 1.88 bits per heavy atom. The molecule has 1 atom stereocenters. The predicted octanol–water partition coefficient (Wildman–Crippen LogP) is 3.28. The first-order chi connectivity index (χ1) is 12.3. The number of carbonyl (C=O) groups excluding carboxylic acids is 2. The molecule has 1 aromatic carbocycles. The summed E-state index contributed by atoms with van der Waals surface area (Å²) in [6.07, 6.45) is -1.07. The van der Waals surface area contributed by atoms with Gasteiger partial charge in [-0.2, -0.15) is 13.2 Å². The molecule has 1 aromatic heterocycles. The lowest BCUT2D eigenvalue weighted by molar-refractivity contribution is -0.123. The van der Waals surface area contributed by atoms with Crippen LogP contribution in [0.15, 0.2) is 24.3 Å². The van der Waals surface area contributed by atoms with Crippen molar-refractivity contribution in [2.45, 2.75) is 26.6 Å². The summed E-state index contributed by atoms with van der Waals surface area (Å²) in [5.74, 6) is -1.26. The molecule has 0 radical (unpaired) electrons. The highest BCUT2D eigenvalue weighted by atomic mass is 32.1. The van der Waals surface area contributed by atoms with Crippen molar-refractivity contribution in [1.29, 1.82) is 0 Å². The average Bonchev–Trinajstić information content (AvgIpc) is 2.96.